The number of hydrogen-bond acceptors (Lipinski definition) is 6. The highest BCUT2D eigenvalue weighted by Crippen LogP contribution is 2.37. The fourth-order valence-electron chi connectivity index (χ4n) is 5.37. The summed E-state index contributed by atoms with van der Waals surface area (Å²) in [4.78, 5) is 15.9. The first-order valence-corrected chi connectivity index (χ1v) is 12.7. The molecule has 9 heteroatoms. The number of likely N-dealkylation sites (tertiary alicyclic amines) is 1. The van der Waals surface area contributed by atoms with Crippen molar-refractivity contribution in [2.45, 2.75) is 42.7 Å². The third-order valence-electron chi connectivity index (χ3n) is 6.95. The van der Waals surface area contributed by atoms with Crippen LogP contribution in [0.2, 0.25) is 0 Å². The maximum Gasteiger partial charge on any atom is 0.275 e. The van der Waals surface area contributed by atoms with Crippen molar-refractivity contribution in [3.05, 3.63) is 52.4 Å². The van der Waals surface area contributed by atoms with Crippen LogP contribution in [0.5, 0.6) is 5.75 Å². The number of rotatable bonds is 5. The molecule has 2 fully saturated rings. The fraction of sp³-hybridized carbons (Fsp3) is 0.522. The largest absolute Gasteiger partial charge is 0.497 e. The van der Waals surface area contributed by atoms with Crippen molar-refractivity contribution in [2.75, 3.05) is 38.1 Å². The number of pyridine rings is 1. The van der Waals surface area contributed by atoms with Crippen molar-refractivity contribution in [1.29, 1.82) is 0 Å². The molecular formula is C23H29N3O5S. The van der Waals surface area contributed by atoms with Gasteiger partial charge in [0.05, 0.1) is 12.0 Å². The topological polar surface area (TPSA) is 89.9 Å². The fourth-order valence-corrected chi connectivity index (χ4v) is 6.42. The molecule has 0 aliphatic carbocycles. The van der Waals surface area contributed by atoms with E-state index in [9.17, 15) is 13.2 Å². The van der Waals surface area contributed by atoms with Crippen molar-refractivity contribution in [3.8, 4) is 5.75 Å². The Kier molecular flexibility index (Phi) is 5.73. The standard InChI is InChI=1S/C23H29N3O5S/c1-30-19-2-4-20(5-3-19)32(28,29)24-21-6-7-22-17-12-16(14-26(22)23(21)27)13-25(15-17)18-8-10-31-11-9-18/h2-7,16-18,24H,8-15H2,1H3. The number of aromatic nitrogens is 1. The molecule has 2 unspecified atom stereocenters. The Bertz CT molecular complexity index is 1140. The minimum atomic E-state index is -3.87. The highest BCUT2D eigenvalue weighted by atomic mass is 32.2. The number of anilines is 1. The van der Waals surface area contributed by atoms with E-state index in [1.54, 1.807) is 22.8 Å². The number of nitrogens with zero attached hydrogens (tertiary/aromatic N) is 2. The predicted octanol–water partition coefficient (Wildman–Crippen LogP) is 2.26. The number of piperidine rings is 1. The summed E-state index contributed by atoms with van der Waals surface area (Å²) in [5.41, 5.74) is 0.829. The van der Waals surface area contributed by atoms with Crippen LogP contribution in [0, 0.1) is 5.92 Å². The van der Waals surface area contributed by atoms with E-state index in [1.807, 2.05) is 6.07 Å². The van der Waals surface area contributed by atoms with E-state index in [1.165, 1.54) is 19.2 Å². The third-order valence-corrected chi connectivity index (χ3v) is 8.34. The summed E-state index contributed by atoms with van der Waals surface area (Å²) in [6, 6.07) is 10.2. The lowest BCUT2D eigenvalue weighted by atomic mass is 9.82. The van der Waals surface area contributed by atoms with E-state index in [2.05, 4.69) is 9.62 Å². The van der Waals surface area contributed by atoms with Crippen LogP contribution >= 0.6 is 0 Å². The van der Waals surface area contributed by atoms with Crippen LogP contribution < -0.4 is 15.0 Å². The second-order valence-electron chi connectivity index (χ2n) is 8.96. The lowest BCUT2D eigenvalue weighted by molar-refractivity contribution is 0.00589. The van der Waals surface area contributed by atoms with Gasteiger partial charge in [-0.1, -0.05) is 0 Å². The third kappa shape index (κ3) is 4.04. The summed E-state index contributed by atoms with van der Waals surface area (Å²) >= 11 is 0. The molecule has 2 aromatic rings. The molecule has 172 valence electrons. The van der Waals surface area contributed by atoms with Gasteiger partial charge < -0.3 is 14.0 Å². The Morgan fingerprint density at radius 3 is 2.50 bits per heavy atom. The summed E-state index contributed by atoms with van der Waals surface area (Å²) < 4.78 is 40.5. The summed E-state index contributed by atoms with van der Waals surface area (Å²) in [6.07, 6.45) is 3.22. The number of sulfonamides is 1. The quantitative estimate of drug-likeness (QED) is 0.738. The van der Waals surface area contributed by atoms with E-state index < -0.39 is 10.0 Å². The Balaban J connectivity index is 1.38. The van der Waals surface area contributed by atoms with E-state index in [0.29, 0.717) is 30.2 Å². The molecule has 8 nitrogen and oxygen atoms in total. The zero-order chi connectivity index (χ0) is 22.3. The lowest BCUT2D eigenvalue weighted by Crippen LogP contribution is -2.51. The number of benzene rings is 1. The summed E-state index contributed by atoms with van der Waals surface area (Å²) in [7, 11) is -2.35. The smallest absolute Gasteiger partial charge is 0.275 e. The van der Waals surface area contributed by atoms with Gasteiger partial charge in [0.25, 0.3) is 15.6 Å². The van der Waals surface area contributed by atoms with Gasteiger partial charge in [-0.05, 0) is 61.6 Å². The number of methoxy groups -OCH3 is 1. The molecule has 2 saturated heterocycles. The monoisotopic (exact) mass is 459 g/mol. The maximum atomic E-state index is 13.2. The van der Waals surface area contributed by atoms with Crippen LogP contribution in [0.15, 0.2) is 46.1 Å². The second-order valence-corrected chi connectivity index (χ2v) is 10.6. The molecule has 1 aromatic carbocycles. The van der Waals surface area contributed by atoms with Gasteiger partial charge in [0, 0.05) is 50.5 Å². The number of hydrogen-bond donors (Lipinski definition) is 1. The minimum Gasteiger partial charge on any atom is -0.497 e. The first-order chi connectivity index (χ1) is 15.4. The summed E-state index contributed by atoms with van der Waals surface area (Å²) in [5.74, 6) is 1.26. The van der Waals surface area contributed by atoms with Gasteiger partial charge in [0.2, 0.25) is 0 Å². The summed E-state index contributed by atoms with van der Waals surface area (Å²) in [5, 5.41) is 0. The van der Waals surface area contributed by atoms with Gasteiger partial charge >= 0.3 is 0 Å². The van der Waals surface area contributed by atoms with Crippen molar-refractivity contribution in [3.63, 3.8) is 0 Å². The Morgan fingerprint density at radius 1 is 1.03 bits per heavy atom. The van der Waals surface area contributed by atoms with Crippen molar-refractivity contribution in [1.82, 2.24) is 9.47 Å². The van der Waals surface area contributed by atoms with E-state index in [4.69, 9.17) is 9.47 Å². The summed E-state index contributed by atoms with van der Waals surface area (Å²) in [6.45, 7) is 4.20. The average molecular weight is 460 g/mol. The lowest BCUT2D eigenvalue weighted by Gasteiger charge is -2.46. The Morgan fingerprint density at radius 2 is 1.78 bits per heavy atom. The highest BCUT2D eigenvalue weighted by Gasteiger charge is 2.37. The molecule has 3 aliphatic heterocycles. The van der Waals surface area contributed by atoms with E-state index in [-0.39, 0.29) is 16.1 Å². The van der Waals surface area contributed by atoms with Crippen LogP contribution in [-0.4, -0.2) is 57.3 Å². The van der Waals surface area contributed by atoms with Gasteiger partial charge in [-0.25, -0.2) is 8.42 Å². The Labute approximate surface area is 188 Å². The average Bonchev–Trinajstić information content (AvgIpc) is 2.81. The zero-order valence-electron chi connectivity index (χ0n) is 18.2. The second kappa shape index (κ2) is 8.53. The van der Waals surface area contributed by atoms with Crippen LogP contribution in [-0.2, 0) is 21.3 Å². The first-order valence-electron chi connectivity index (χ1n) is 11.2. The molecule has 2 atom stereocenters. The van der Waals surface area contributed by atoms with Crippen molar-refractivity contribution >= 4 is 15.7 Å². The Hall–Kier alpha value is -2.36. The molecule has 1 N–H and O–H groups in total. The normalized spacial score (nSPS) is 24.0. The highest BCUT2D eigenvalue weighted by molar-refractivity contribution is 7.92. The molecule has 0 spiro atoms. The zero-order valence-corrected chi connectivity index (χ0v) is 19.0. The molecular weight excluding hydrogens is 430 g/mol. The van der Waals surface area contributed by atoms with Gasteiger partial charge in [0.15, 0.2) is 0 Å². The molecule has 4 heterocycles. The molecule has 2 bridgehead atoms. The van der Waals surface area contributed by atoms with Crippen LogP contribution in [0.3, 0.4) is 0 Å². The van der Waals surface area contributed by atoms with Gasteiger partial charge in [-0.15, -0.1) is 0 Å². The van der Waals surface area contributed by atoms with Crippen LogP contribution in [0.25, 0.3) is 0 Å². The minimum absolute atomic E-state index is 0.0874. The van der Waals surface area contributed by atoms with Crippen LogP contribution in [0.4, 0.5) is 5.69 Å². The number of ether oxygens (including phenoxy) is 2. The van der Waals surface area contributed by atoms with Gasteiger partial charge in [-0.2, -0.15) is 0 Å². The molecule has 3 aliphatic rings. The van der Waals surface area contributed by atoms with E-state index in [0.717, 1.165) is 51.3 Å². The van der Waals surface area contributed by atoms with E-state index >= 15 is 0 Å². The van der Waals surface area contributed by atoms with Crippen LogP contribution in [0.1, 0.15) is 30.9 Å². The van der Waals surface area contributed by atoms with Gasteiger partial charge in [0.1, 0.15) is 11.4 Å². The molecule has 5 rings (SSSR count). The number of nitrogens with one attached hydrogen (secondary N) is 1. The molecule has 0 amide bonds. The molecule has 32 heavy (non-hydrogen) atoms. The molecule has 0 radical (unpaired) electrons. The number of fused-ring (bicyclic) bond motifs is 4. The van der Waals surface area contributed by atoms with Crippen molar-refractivity contribution in [2.24, 2.45) is 5.92 Å². The molecule has 0 saturated carbocycles. The van der Waals surface area contributed by atoms with Gasteiger partial charge in [-0.3, -0.25) is 14.4 Å². The SMILES string of the molecule is COc1ccc(S(=O)(=O)Nc2ccc3n(c2=O)CC2CC3CN(C3CCOCC3)C2)cc1. The van der Waals surface area contributed by atoms with Crippen molar-refractivity contribution < 1.29 is 17.9 Å². The maximum absolute atomic E-state index is 13.2. The first kappa shape index (κ1) is 21.5. The predicted molar refractivity (Wildman–Crippen MR) is 121 cm³/mol. The molecule has 1 aromatic heterocycles.